The van der Waals surface area contributed by atoms with Crippen LogP contribution in [0.4, 0.5) is 0 Å². The first-order valence-corrected chi connectivity index (χ1v) is 10.2. The summed E-state index contributed by atoms with van der Waals surface area (Å²) in [4.78, 5) is 13.0. The van der Waals surface area contributed by atoms with Crippen molar-refractivity contribution in [2.75, 3.05) is 20.8 Å². The minimum atomic E-state index is -0.574. The van der Waals surface area contributed by atoms with Crippen molar-refractivity contribution in [2.24, 2.45) is 0 Å². The van der Waals surface area contributed by atoms with Crippen LogP contribution in [0, 0.1) is 0 Å². The number of carbonyl (C=O) groups is 1. The number of carbonyl (C=O) groups excluding carboxylic acids is 1. The predicted molar refractivity (Wildman–Crippen MR) is 119 cm³/mol. The van der Waals surface area contributed by atoms with E-state index in [0.29, 0.717) is 27.9 Å². The van der Waals surface area contributed by atoms with Crippen LogP contribution in [-0.4, -0.2) is 31.9 Å². The molecule has 0 bridgehead atoms. The van der Waals surface area contributed by atoms with Crippen molar-refractivity contribution >= 4 is 44.9 Å². The van der Waals surface area contributed by atoms with E-state index >= 15 is 0 Å². The fourth-order valence-electron chi connectivity index (χ4n) is 3.17. The smallest absolute Gasteiger partial charge is 0.338 e. The van der Waals surface area contributed by atoms with Gasteiger partial charge in [0.25, 0.3) is 0 Å². The van der Waals surface area contributed by atoms with Crippen LogP contribution in [-0.2, 0) is 9.53 Å². The van der Waals surface area contributed by atoms with Crippen molar-refractivity contribution in [3.05, 3.63) is 63.6 Å². The van der Waals surface area contributed by atoms with Gasteiger partial charge in [-0.1, -0.05) is 30.3 Å². The van der Waals surface area contributed by atoms with Gasteiger partial charge in [0.05, 0.1) is 42.6 Å². The minimum Gasteiger partial charge on any atom is -0.496 e. The molecule has 0 radical (unpaired) electrons. The normalized spacial score (nSPS) is 16.0. The lowest BCUT2D eigenvalue weighted by Gasteiger charge is -2.32. The number of rotatable bonds is 6. The number of methoxy groups -OCH3 is 2. The largest absolute Gasteiger partial charge is 0.496 e. The number of thiocarbonyl (C=S) groups is 1. The van der Waals surface area contributed by atoms with Gasteiger partial charge < -0.3 is 24.8 Å². The van der Waals surface area contributed by atoms with Gasteiger partial charge in [0.15, 0.2) is 5.11 Å². The molecule has 0 spiro atoms. The molecule has 0 saturated heterocycles. The number of ether oxygens (including phenoxy) is 3. The first-order valence-electron chi connectivity index (χ1n) is 8.95. The van der Waals surface area contributed by atoms with E-state index in [9.17, 15) is 4.79 Å². The minimum absolute atomic E-state index is 0.255. The maximum Gasteiger partial charge on any atom is 0.338 e. The fraction of sp³-hybridized carbons (Fsp3) is 0.238. The summed E-state index contributed by atoms with van der Waals surface area (Å²) in [6.07, 6.45) is 0. The van der Waals surface area contributed by atoms with Crippen molar-refractivity contribution in [3.8, 4) is 11.5 Å². The molecule has 152 valence electrons. The van der Waals surface area contributed by atoms with Crippen LogP contribution in [0.5, 0.6) is 11.5 Å². The van der Waals surface area contributed by atoms with E-state index in [0.717, 1.165) is 15.6 Å². The molecule has 0 fully saturated rings. The van der Waals surface area contributed by atoms with Crippen LogP contribution >= 0.6 is 28.1 Å². The van der Waals surface area contributed by atoms with Gasteiger partial charge in [0.2, 0.25) is 0 Å². The summed E-state index contributed by atoms with van der Waals surface area (Å²) in [5, 5.41) is 6.70. The van der Waals surface area contributed by atoms with Crippen LogP contribution in [0.15, 0.2) is 52.5 Å². The van der Waals surface area contributed by atoms with Gasteiger partial charge in [-0.3, -0.25) is 0 Å². The van der Waals surface area contributed by atoms with Gasteiger partial charge in [-0.25, -0.2) is 4.79 Å². The molecule has 1 atom stereocenters. The highest BCUT2D eigenvalue weighted by Gasteiger charge is 2.35. The maximum atomic E-state index is 13.0. The number of halogens is 1. The van der Waals surface area contributed by atoms with Gasteiger partial charge in [-0.2, -0.15) is 0 Å². The molecule has 0 aromatic heterocycles. The van der Waals surface area contributed by atoms with Crippen molar-refractivity contribution in [1.82, 2.24) is 10.6 Å². The summed E-state index contributed by atoms with van der Waals surface area (Å²) in [7, 11) is 3.14. The number of esters is 1. The third kappa shape index (κ3) is 4.38. The molecule has 0 amide bonds. The first kappa shape index (κ1) is 21.1. The third-order valence-corrected chi connectivity index (χ3v) is 5.28. The van der Waals surface area contributed by atoms with Gasteiger partial charge in [0.1, 0.15) is 11.5 Å². The summed E-state index contributed by atoms with van der Waals surface area (Å²) in [6.45, 7) is 2.03. The lowest BCUT2D eigenvalue weighted by molar-refractivity contribution is -0.138. The molecule has 2 N–H and O–H groups in total. The standard InChI is InChI=1S/C21H21BrN2O4S/c1-4-28-20(25)17-18(12-8-6-5-7-9-12)23-21(29)24-19(17)13-10-14(22)16(27-3)11-15(13)26-2/h5-11,19H,4H2,1-3H3,(H2,23,24,29)/t19-/m0/s1. The van der Waals surface area contributed by atoms with Crippen LogP contribution in [0.1, 0.15) is 24.1 Å². The van der Waals surface area contributed by atoms with E-state index in [1.807, 2.05) is 36.4 Å². The predicted octanol–water partition coefficient (Wildman–Crippen LogP) is 3.96. The molecule has 0 saturated carbocycles. The fourth-order valence-corrected chi connectivity index (χ4v) is 3.91. The zero-order valence-corrected chi connectivity index (χ0v) is 18.6. The van der Waals surface area contributed by atoms with Gasteiger partial charge in [-0.05, 0) is 46.7 Å². The lowest BCUT2D eigenvalue weighted by atomic mass is 9.92. The van der Waals surface area contributed by atoms with E-state index in [1.165, 1.54) is 0 Å². The molecule has 1 aliphatic heterocycles. The maximum absolute atomic E-state index is 13.0. The van der Waals surface area contributed by atoms with Gasteiger partial charge >= 0.3 is 5.97 Å². The molecular weight excluding hydrogens is 456 g/mol. The Hall–Kier alpha value is -2.58. The SMILES string of the molecule is CCOC(=O)C1=C(c2ccccc2)NC(=S)N[C@H]1c1cc(Br)c(OC)cc1OC. The molecule has 29 heavy (non-hydrogen) atoms. The average molecular weight is 477 g/mol. The summed E-state index contributed by atoms with van der Waals surface area (Å²) in [5.74, 6) is 0.737. The van der Waals surface area contributed by atoms with Gasteiger partial charge in [-0.15, -0.1) is 0 Å². The Bertz CT molecular complexity index is 963. The highest BCUT2D eigenvalue weighted by atomic mass is 79.9. The topological polar surface area (TPSA) is 68.8 Å². The Morgan fingerprint density at radius 2 is 1.83 bits per heavy atom. The van der Waals surface area contributed by atoms with E-state index in [2.05, 4.69) is 26.6 Å². The van der Waals surface area contributed by atoms with E-state index in [-0.39, 0.29) is 6.61 Å². The first-order chi connectivity index (χ1) is 14.0. The molecule has 0 unspecified atom stereocenters. The van der Waals surface area contributed by atoms with Crippen LogP contribution in [0.3, 0.4) is 0 Å². The van der Waals surface area contributed by atoms with Crippen molar-refractivity contribution in [2.45, 2.75) is 13.0 Å². The highest BCUT2D eigenvalue weighted by molar-refractivity contribution is 9.10. The van der Waals surface area contributed by atoms with Crippen molar-refractivity contribution < 1.29 is 19.0 Å². The summed E-state index contributed by atoms with van der Waals surface area (Å²) >= 11 is 8.95. The summed E-state index contributed by atoms with van der Waals surface area (Å²) in [5.41, 5.74) is 2.57. The van der Waals surface area contributed by atoms with E-state index in [4.69, 9.17) is 26.4 Å². The summed E-state index contributed by atoms with van der Waals surface area (Å²) < 4.78 is 17.0. The Morgan fingerprint density at radius 3 is 2.45 bits per heavy atom. The molecule has 1 aliphatic rings. The molecule has 2 aromatic carbocycles. The molecule has 0 aliphatic carbocycles. The Kier molecular flexibility index (Phi) is 6.76. The van der Waals surface area contributed by atoms with Crippen LogP contribution < -0.4 is 20.1 Å². The molecule has 2 aromatic rings. The third-order valence-electron chi connectivity index (χ3n) is 4.44. The molecule has 8 heteroatoms. The molecule has 3 rings (SSSR count). The second-order valence-electron chi connectivity index (χ2n) is 6.14. The second-order valence-corrected chi connectivity index (χ2v) is 7.40. The van der Waals surface area contributed by atoms with Crippen molar-refractivity contribution in [1.29, 1.82) is 0 Å². The molecule has 1 heterocycles. The molecular formula is C21H21BrN2O4S. The summed E-state index contributed by atoms with van der Waals surface area (Å²) in [6, 6.07) is 12.6. The Labute approximate surface area is 183 Å². The highest BCUT2D eigenvalue weighted by Crippen LogP contribution is 2.40. The van der Waals surface area contributed by atoms with Crippen LogP contribution in [0.2, 0.25) is 0 Å². The Balaban J connectivity index is 2.24. The Morgan fingerprint density at radius 1 is 1.14 bits per heavy atom. The quantitative estimate of drug-likeness (QED) is 0.482. The van der Waals surface area contributed by atoms with E-state index < -0.39 is 12.0 Å². The number of hydrogen-bond donors (Lipinski definition) is 2. The lowest BCUT2D eigenvalue weighted by Crippen LogP contribution is -2.45. The average Bonchev–Trinajstić information content (AvgIpc) is 2.73. The zero-order chi connectivity index (χ0) is 21.0. The monoisotopic (exact) mass is 476 g/mol. The zero-order valence-electron chi connectivity index (χ0n) is 16.2. The number of benzene rings is 2. The van der Waals surface area contributed by atoms with E-state index in [1.54, 1.807) is 27.2 Å². The number of nitrogens with one attached hydrogen (secondary N) is 2. The second kappa shape index (κ2) is 9.28. The molecule has 6 nitrogen and oxygen atoms in total. The van der Waals surface area contributed by atoms with Crippen LogP contribution in [0.25, 0.3) is 5.70 Å². The van der Waals surface area contributed by atoms with Gasteiger partial charge in [0, 0.05) is 11.6 Å². The number of hydrogen-bond acceptors (Lipinski definition) is 5. The van der Waals surface area contributed by atoms with Crippen molar-refractivity contribution in [3.63, 3.8) is 0 Å².